The topological polar surface area (TPSA) is 55.1 Å². The van der Waals surface area contributed by atoms with Crippen LogP contribution in [0.25, 0.3) is 28.7 Å². The van der Waals surface area contributed by atoms with Gasteiger partial charge in [-0.2, -0.15) is 0 Å². The van der Waals surface area contributed by atoms with Gasteiger partial charge in [-0.05, 0) is 65.6 Å². The lowest BCUT2D eigenvalue weighted by Crippen LogP contribution is -2.07. The normalized spacial score (nSPS) is 11.0. The molecular weight excluding hydrogens is 396 g/mol. The van der Waals surface area contributed by atoms with E-state index < -0.39 is 0 Å². The molecule has 148 valence electrons. The lowest BCUT2D eigenvalue weighted by molar-refractivity contribution is -0.111. The molecule has 0 aliphatic heterocycles. The Morgan fingerprint density at radius 2 is 1.80 bits per heavy atom. The van der Waals surface area contributed by atoms with Crippen LogP contribution in [0.1, 0.15) is 11.1 Å². The van der Waals surface area contributed by atoms with Crippen molar-refractivity contribution in [2.75, 3.05) is 5.32 Å². The molecule has 3 aromatic carbocycles. The molecule has 1 amide bonds. The highest BCUT2D eigenvalue weighted by molar-refractivity contribution is 6.32. The fourth-order valence-electron chi connectivity index (χ4n) is 3.12. The smallest absolute Gasteiger partial charge is 0.248 e. The van der Waals surface area contributed by atoms with Crippen LogP contribution < -0.4 is 5.32 Å². The molecule has 0 unspecified atom stereocenters. The van der Waals surface area contributed by atoms with Gasteiger partial charge in [0.15, 0.2) is 0 Å². The minimum atomic E-state index is -0.218. The van der Waals surface area contributed by atoms with Crippen LogP contribution in [0.15, 0.2) is 89.7 Å². The van der Waals surface area contributed by atoms with Gasteiger partial charge in [-0.1, -0.05) is 48.0 Å². The summed E-state index contributed by atoms with van der Waals surface area (Å²) < 4.78 is 5.40. The lowest BCUT2D eigenvalue weighted by atomic mass is 9.98. The maximum Gasteiger partial charge on any atom is 0.248 e. The summed E-state index contributed by atoms with van der Waals surface area (Å²) in [5, 5.41) is 3.47. The minimum absolute atomic E-state index is 0.218. The van der Waals surface area contributed by atoms with Crippen molar-refractivity contribution < 1.29 is 9.21 Å². The van der Waals surface area contributed by atoms with Crippen molar-refractivity contribution in [2.45, 2.75) is 6.92 Å². The molecular formula is C25H19ClN2O2. The van der Waals surface area contributed by atoms with E-state index in [-0.39, 0.29) is 5.91 Å². The number of carbonyl (C=O) groups is 1. The van der Waals surface area contributed by atoms with Crippen molar-refractivity contribution in [1.29, 1.82) is 0 Å². The third kappa shape index (κ3) is 4.50. The summed E-state index contributed by atoms with van der Waals surface area (Å²) in [5.41, 5.74) is 5.71. The molecule has 0 aliphatic carbocycles. The molecule has 0 saturated heterocycles. The minimum Gasteiger partial charge on any atom is -0.445 e. The monoisotopic (exact) mass is 414 g/mol. The number of nitrogens with one attached hydrogen (secondary N) is 1. The van der Waals surface area contributed by atoms with Gasteiger partial charge in [-0.15, -0.1) is 0 Å². The number of nitrogens with zero attached hydrogens (tertiary/aromatic N) is 1. The standard InChI is InChI=1S/C25H19ClN2O2/c1-17-6-7-20(25-27-14-15-30-25)16-22(17)18-8-11-21(12-9-18)28-24(29)13-10-19-4-2-3-5-23(19)26/h2-16H,1H3,(H,28,29)/b13-10+. The van der Waals surface area contributed by atoms with Crippen molar-refractivity contribution in [3.8, 4) is 22.6 Å². The molecule has 1 N–H and O–H groups in total. The Hall–Kier alpha value is -3.63. The Kier molecular flexibility index (Phi) is 5.77. The summed E-state index contributed by atoms with van der Waals surface area (Å²) in [4.78, 5) is 16.4. The van der Waals surface area contributed by atoms with Crippen LogP contribution in [0.3, 0.4) is 0 Å². The molecule has 0 fully saturated rings. The van der Waals surface area contributed by atoms with Gasteiger partial charge in [0, 0.05) is 22.3 Å². The molecule has 0 aliphatic rings. The summed E-state index contributed by atoms with van der Waals surface area (Å²) in [6.45, 7) is 2.06. The molecule has 30 heavy (non-hydrogen) atoms. The Balaban J connectivity index is 1.49. The molecule has 5 heteroatoms. The van der Waals surface area contributed by atoms with Gasteiger partial charge in [0.05, 0.1) is 6.20 Å². The van der Waals surface area contributed by atoms with Gasteiger partial charge in [0.1, 0.15) is 6.26 Å². The number of benzene rings is 3. The van der Waals surface area contributed by atoms with Crippen LogP contribution >= 0.6 is 11.6 Å². The molecule has 4 aromatic rings. The van der Waals surface area contributed by atoms with Gasteiger partial charge in [0.2, 0.25) is 11.8 Å². The number of amides is 1. The largest absolute Gasteiger partial charge is 0.445 e. The molecule has 0 bridgehead atoms. The van der Waals surface area contributed by atoms with Crippen molar-refractivity contribution in [1.82, 2.24) is 4.98 Å². The second-order valence-electron chi connectivity index (χ2n) is 6.79. The molecule has 0 atom stereocenters. The summed E-state index contributed by atoms with van der Waals surface area (Å²) >= 11 is 6.11. The van der Waals surface area contributed by atoms with Gasteiger partial charge < -0.3 is 9.73 Å². The maximum absolute atomic E-state index is 12.2. The molecule has 0 saturated carbocycles. The molecule has 1 heterocycles. The third-order valence-corrected chi connectivity index (χ3v) is 5.04. The van der Waals surface area contributed by atoms with E-state index >= 15 is 0 Å². The number of oxazole rings is 1. The second-order valence-corrected chi connectivity index (χ2v) is 7.20. The van der Waals surface area contributed by atoms with Crippen molar-refractivity contribution in [3.05, 3.63) is 101 Å². The van der Waals surface area contributed by atoms with Crippen LogP contribution in [0.4, 0.5) is 5.69 Å². The Bertz CT molecular complexity index is 1200. The summed E-state index contributed by atoms with van der Waals surface area (Å²) in [7, 11) is 0. The van der Waals surface area contributed by atoms with E-state index in [4.69, 9.17) is 16.0 Å². The number of carbonyl (C=O) groups excluding carboxylic acids is 1. The number of aromatic nitrogens is 1. The van der Waals surface area contributed by atoms with Crippen LogP contribution in [-0.2, 0) is 4.79 Å². The molecule has 1 aromatic heterocycles. The lowest BCUT2D eigenvalue weighted by Gasteiger charge is -2.09. The maximum atomic E-state index is 12.2. The van der Waals surface area contributed by atoms with Crippen LogP contribution in [0.2, 0.25) is 5.02 Å². The van der Waals surface area contributed by atoms with E-state index in [0.717, 1.165) is 27.8 Å². The highest BCUT2D eigenvalue weighted by Crippen LogP contribution is 2.29. The van der Waals surface area contributed by atoms with Crippen molar-refractivity contribution in [2.24, 2.45) is 0 Å². The first-order chi connectivity index (χ1) is 14.6. The zero-order valence-corrected chi connectivity index (χ0v) is 17.1. The first-order valence-electron chi connectivity index (χ1n) is 9.45. The first kappa shape index (κ1) is 19.7. The zero-order valence-electron chi connectivity index (χ0n) is 16.3. The number of halogens is 1. The Morgan fingerprint density at radius 3 is 2.53 bits per heavy atom. The SMILES string of the molecule is Cc1ccc(-c2ncco2)cc1-c1ccc(NC(=O)/C=C/c2ccccc2Cl)cc1. The van der Waals surface area contributed by atoms with E-state index in [2.05, 4.69) is 23.3 Å². The number of aryl methyl sites for hydroxylation is 1. The number of hydrogen-bond donors (Lipinski definition) is 1. The predicted octanol–water partition coefficient (Wildman–Crippen LogP) is 6.62. The number of anilines is 1. The molecule has 4 nitrogen and oxygen atoms in total. The Labute approximate surface area is 179 Å². The summed E-state index contributed by atoms with van der Waals surface area (Å²) in [5.74, 6) is 0.371. The Morgan fingerprint density at radius 1 is 1.03 bits per heavy atom. The average Bonchev–Trinajstić information content (AvgIpc) is 3.29. The van der Waals surface area contributed by atoms with E-state index in [1.54, 1.807) is 24.6 Å². The fourth-order valence-corrected chi connectivity index (χ4v) is 3.32. The van der Waals surface area contributed by atoms with Crippen LogP contribution in [0, 0.1) is 6.92 Å². The van der Waals surface area contributed by atoms with Gasteiger partial charge in [-0.25, -0.2) is 4.98 Å². The third-order valence-electron chi connectivity index (χ3n) is 4.70. The number of hydrogen-bond acceptors (Lipinski definition) is 3. The van der Waals surface area contributed by atoms with Gasteiger partial charge in [-0.3, -0.25) is 4.79 Å². The molecule has 0 spiro atoms. The second kappa shape index (κ2) is 8.80. The van der Waals surface area contributed by atoms with Crippen LogP contribution in [-0.4, -0.2) is 10.9 Å². The highest BCUT2D eigenvalue weighted by atomic mass is 35.5. The van der Waals surface area contributed by atoms with Gasteiger partial charge in [0.25, 0.3) is 0 Å². The quantitative estimate of drug-likeness (QED) is 0.373. The number of rotatable bonds is 5. The van der Waals surface area contributed by atoms with E-state index in [9.17, 15) is 4.79 Å². The van der Waals surface area contributed by atoms with E-state index in [1.807, 2.05) is 54.6 Å². The first-order valence-corrected chi connectivity index (χ1v) is 9.82. The summed E-state index contributed by atoms with van der Waals surface area (Å²) in [6.07, 6.45) is 6.36. The van der Waals surface area contributed by atoms with Crippen molar-refractivity contribution in [3.63, 3.8) is 0 Å². The average molecular weight is 415 g/mol. The highest BCUT2D eigenvalue weighted by Gasteiger charge is 2.08. The predicted molar refractivity (Wildman–Crippen MR) is 121 cm³/mol. The zero-order chi connectivity index (χ0) is 20.9. The van der Waals surface area contributed by atoms with Gasteiger partial charge >= 0.3 is 0 Å². The van der Waals surface area contributed by atoms with E-state index in [1.165, 1.54) is 6.08 Å². The molecule has 0 radical (unpaired) electrons. The van der Waals surface area contributed by atoms with E-state index in [0.29, 0.717) is 16.6 Å². The van der Waals surface area contributed by atoms with Crippen molar-refractivity contribution >= 4 is 29.3 Å². The fraction of sp³-hybridized carbons (Fsp3) is 0.0400. The summed E-state index contributed by atoms with van der Waals surface area (Å²) in [6, 6.07) is 21.2. The molecule has 4 rings (SSSR count). The van der Waals surface area contributed by atoms with Crippen LogP contribution in [0.5, 0.6) is 0 Å².